The normalized spacial score (nSPS) is 15.9. The van der Waals surface area contributed by atoms with Gasteiger partial charge in [0.25, 0.3) is 0 Å². The molecule has 1 aromatic carbocycles. The van der Waals surface area contributed by atoms with Crippen LogP contribution in [-0.2, 0) is 0 Å². The Morgan fingerprint density at radius 3 is 2.79 bits per heavy atom. The molecule has 1 aliphatic rings. The number of fused-ring (bicyclic) bond motifs is 3. The Labute approximate surface area is 110 Å². The topological polar surface area (TPSA) is 48.7 Å². The number of rotatable bonds is 1. The van der Waals surface area contributed by atoms with E-state index in [9.17, 15) is 4.79 Å². The Morgan fingerprint density at radius 1 is 1.26 bits per heavy atom. The van der Waals surface area contributed by atoms with Crippen LogP contribution < -0.4 is 15.1 Å². The van der Waals surface area contributed by atoms with Crippen molar-refractivity contribution in [1.29, 1.82) is 0 Å². The number of hydrogen-bond acceptors (Lipinski definition) is 4. The average molecular weight is 258 g/mol. The Balaban J connectivity index is 2.35. The Morgan fingerprint density at radius 2 is 2.05 bits per heavy atom. The molecule has 0 bridgehead atoms. The highest BCUT2D eigenvalue weighted by Gasteiger charge is 2.24. The van der Waals surface area contributed by atoms with Gasteiger partial charge in [0.2, 0.25) is 0 Å². The van der Waals surface area contributed by atoms with E-state index in [0.29, 0.717) is 17.1 Å². The monoisotopic (exact) mass is 258 g/mol. The number of methoxy groups -OCH3 is 1. The molecule has 0 amide bonds. The molecule has 98 valence electrons. The molecule has 19 heavy (non-hydrogen) atoms. The minimum Gasteiger partial charge on any atom is -0.496 e. The van der Waals surface area contributed by atoms with E-state index in [0.717, 1.165) is 10.9 Å². The first kappa shape index (κ1) is 11.8. The first-order chi connectivity index (χ1) is 9.00. The lowest BCUT2D eigenvalue weighted by Gasteiger charge is -2.28. The molecule has 0 fully saturated rings. The van der Waals surface area contributed by atoms with E-state index in [1.807, 2.05) is 38.1 Å². The summed E-state index contributed by atoms with van der Waals surface area (Å²) >= 11 is 0. The van der Waals surface area contributed by atoms with E-state index in [1.54, 1.807) is 0 Å². The molecule has 0 N–H and O–H groups in total. The summed E-state index contributed by atoms with van der Waals surface area (Å²) in [6.07, 6.45) is 3.86. The summed E-state index contributed by atoms with van der Waals surface area (Å²) < 4.78 is 16.4. The van der Waals surface area contributed by atoms with Crippen LogP contribution in [0, 0.1) is 0 Å². The van der Waals surface area contributed by atoms with E-state index >= 15 is 0 Å². The molecule has 1 aromatic heterocycles. The molecule has 0 atom stereocenters. The van der Waals surface area contributed by atoms with Gasteiger partial charge in [0.05, 0.1) is 24.1 Å². The summed E-state index contributed by atoms with van der Waals surface area (Å²) in [7, 11) is 1.53. The van der Waals surface area contributed by atoms with E-state index in [4.69, 9.17) is 13.9 Å². The van der Waals surface area contributed by atoms with Gasteiger partial charge in [0.15, 0.2) is 5.58 Å². The molecule has 0 aliphatic carbocycles. The molecule has 0 spiro atoms. The van der Waals surface area contributed by atoms with Crippen molar-refractivity contribution in [3.05, 3.63) is 40.3 Å². The third-order valence-corrected chi connectivity index (χ3v) is 3.12. The van der Waals surface area contributed by atoms with Gasteiger partial charge in [0.1, 0.15) is 17.1 Å². The Hall–Kier alpha value is -2.23. The fourth-order valence-corrected chi connectivity index (χ4v) is 2.22. The second-order valence-electron chi connectivity index (χ2n) is 5.03. The fourth-order valence-electron chi connectivity index (χ4n) is 2.22. The van der Waals surface area contributed by atoms with Crippen LogP contribution >= 0.6 is 0 Å². The van der Waals surface area contributed by atoms with Crippen molar-refractivity contribution in [1.82, 2.24) is 0 Å². The third kappa shape index (κ3) is 1.89. The number of benzene rings is 1. The number of ether oxygens (including phenoxy) is 2. The molecule has 0 saturated heterocycles. The van der Waals surface area contributed by atoms with Crippen LogP contribution in [0.15, 0.2) is 33.5 Å². The smallest absolute Gasteiger partial charge is 0.339 e. The van der Waals surface area contributed by atoms with Gasteiger partial charge in [-0.15, -0.1) is 0 Å². The maximum Gasteiger partial charge on any atom is 0.339 e. The average Bonchev–Trinajstić information content (AvgIpc) is 2.35. The van der Waals surface area contributed by atoms with Crippen LogP contribution in [0.3, 0.4) is 0 Å². The van der Waals surface area contributed by atoms with Gasteiger partial charge in [-0.05, 0) is 38.1 Å². The maximum absolute atomic E-state index is 11.6. The van der Waals surface area contributed by atoms with Gasteiger partial charge in [-0.25, -0.2) is 4.79 Å². The van der Waals surface area contributed by atoms with Crippen LogP contribution in [0.2, 0.25) is 0 Å². The largest absolute Gasteiger partial charge is 0.496 e. The second-order valence-corrected chi connectivity index (χ2v) is 5.03. The zero-order valence-corrected chi connectivity index (χ0v) is 11.0. The molecule has 0 radical (unpaired) electrons. The van der Waals surface area contributed by atoms with Gasteiger partial charge in [-0.1, -0.05) is 0 Å². The van der Waals surface area contributed by atoms with Crippen molar-refractivity contribution in [2.75, 3.05) is 7.11 Å². The van der Waals surface area contributed by atoms with Crippen molar-refractivity contribution in [3.63, 3.8) is 0 Å². The van der Waals surface area contributed by atoms with Crippen LogP contribution in [0.4, 0.5) is 0 Å². The predicted octanol–water partition coefficient (Wildman–Crippen LogP) is 2.99. The zero-order chi connectivity index (χ0) is 13.6. The minimum atomic E-state index is -0.434. The quantitative estimate of drug-likeness (QED) is 0.738. The standard InChI is InChI=1S/C15H14O4/c1-15(2)7-6-10-11(19-15)5-4-9-12(17-3)8-13(16)18-14(9)10/h4-8H,1-3H3. The second kappa shape index (κ2) is 3.88. The fraction of sp³-hybridized carbons (Fsp3) is 0.267. The Bertz CT molecular complexity index is 738. The Kier molecular flexibility index (Phi) is 2.42. The molecule has 0 saturated carbocycles. The SMILES string of the molecule is COc1cc(=O)oc2c3c(ccc12)OC(C)(C)C=C3. The highest BCUT2D eigenvalue weighted by Crippen LogP contribution is 2.37. The van der Waals surface area contributed by atoms with Crippen molar-refractivity contribution in [2.45, 2.75) is 19.4 Å². The van der Waals surface area contributed by atoms with Crippen molar-refractivity contribution >= 4 is 17.0 Å². The van der Waals surface area contributed by atoms with E-state index in [2.05, 4.69) is 0 Å². The molecule has 2 heterocycles. The molecule has 3 rings (SSSR count). The highest BCUT2D eigenvalue weighted by atomic mass is 16.5. The number of hydrogen-bond donors (Lipinski definition) is 0. The summed E-state index contributed by atoms with van der Waals surface area (Å²) in [6, 6.07) is 5.04. The van der Waals surface area contributed by atoms with Gasteiger partial charge < -0.3 is 13.9 Å². The van der Waals surface area contributed by atoms with Crippen LogP contribution in [0.25, 0.3) is 17.0 Å². The molecular weight excluding hydrogens is 244 g/mol. The zero-order valence-electron chi connectivity index (χ0n) is 11.0. The van der Waals surface area contributed by atoms with Crippen molar-refractivity contribution in [3.8, 4) is 11.5 Å². The third-order valence-electron chi connectivity index (χ3n) is 3.12. The van der Waals surface area contributed by atoms with E-state index in [1.165, 1.54) is 13.2 Å². The highest BCUT2D eigenvalue weighted by molar-refractivity contribution is 5.92. The summed E-state index contributed by atoms with van der Waals surface area (Å²) in [5.41, 5.74) is 0.470. The van der Waals surface area contributed by atoms with Crippen LogP contribution in [0.1, 0.15) is 19.4 Å². The molecular formula is C15H14O4. The lowest BCUT2D eigenvalue weighted by Crippen LogP contribution is -2.27. The van der Waals surface area contributed by atoms with Crippen molar-refractivity contribution < 1.29 is 13.9 Å². The van der Waals surface area contributed by atoms with Crippen LogP contribution in [0.5, 0.6) is 11.5 Å². The molecule has 0 unspecified atom stereocenters. The van der Waals surface area contributed by atoms with Gasteiger partial charge >= 0.3 is 5.63 Å². The summed E-state index contributed by atoms with van der Waals surface area (Å²) in [5.74, 6) is 1.21. The first-order valence-corrected chi connectivity index (χ1v) is 6.03. The first-order valence-electron chi connectivity index (χ1n) is 6.03. The molecule has 4 nitrogen and oxygen atoms in total. The summed E-state index contributed by atoms with van der Waals surface area (Å²) in [6.45, 7) is 3.94. The minimum absolute atomic E-state index is 0.361. The molecule has 1 aliphatic heterocycles. The summed E-state index contributed by atoms with van der Waals surface area (Å²) in [4.78, 5) is 11.6. The summed E-state index contributed by atoms with van der Waals surface area (Å²) in [5, 5.41) is 0.758. The lowest BCUT2D eigenvalue weighted by atomic mass is 10.0. The van der Waals surface area contributed by atoms with Gasteiger partial charge in [0, 0.05) is 0 Å². The molecule has 4 heteroatoms. The van der Waals surface area contributed by atoms with Gasteiger partial charge in [-0.2, -0.15) is 0 Å². The van der Waals surface area contributed by atoms with Crippen molar-refractivity contribution in [2.24, 2.45) is 0 Å². The molecule has 2 aromatic rings. The van der Waals surface area contributed by atoms with Gasteiger partial charge in [-0.3, -0.25) is 0 Å². The van der Waals surface area contributed by atoms with E-state index < -0.39 is 5.63 Å². The van der Waals surface area contributed by atoms with Crippen LogP contribution in [-0.4, -0.2) is 12.7 Å². The lowest BCUT2D eigenvalue weighted by molar-refractivity contribution is 0.159. The maximum atomic E-state index is 11.6. The predicted molar refractivity (Wildman–Crippen MR) is 72.8 cm³/mol. The van der Waals surface area contributed by atoms with E-state index in [-0.39, 0.29) is 5.60 Å².